The first-order chi connectivity index (χ1) is 11.4. The average Bonchev–Trinajstić information content (AvgIpc) is 2.57. The molecule has 0 fully saturated rings. The lowest BCUT2D eigenvalue weighted by atomic mass is 10.1. The fourth-order valence-electron chi connectivity index (χ4n) is 2.10. The van der Waals surface area contributed by atoms with Crippen LogP contribution in [0.2, 0.25) is 0 Å². The molecule has 2 N–H and O–H groups in total. The van der Waals surface area contributed by atoms with Gasteiger partial charge in [0.05, 0.1) is 0 Å². The zero-order valence-electron chi connectivity index (χ0n) is 13.4. The molecule has 0 saturated heterocycles. The number of nitrogens with zero attached hydrogens (tertiary/aromatic N) is 2. The second-order valence-corrected chi connectivity index (χ2v) is 5.26. The molecule has 0 aliphatic heterocycles. The SMILES string of the molecule is CNC(=O)c1ccc(CN(C)C(=O)Cn2ccc(=O)[nH]c2=O)cc1. The third kappa shape index (κ3) is 4.19. The van der Waals surface area contributed by atoms with E-state index in [0.29, 0.717) is 12.1 Å². The van der Waals surface area contributed by atoms with Gasteiger partial charge in [0.15, 0.2) is 0 Å². The summed E-state index contributed by atoms with van der Waals surface area (Å²) in [5, 5.41) is 2.54. The van der Waals surface area contributed by atoms with E-state index >= 15 is 0 Å². The number of rotatable bonds is 5. The molecule has 2 rings (SSSR count). The second-order valence-electron chi connectivity index (χ2n) is 5.26. The lowest BCUT2D eigenvalue weighted by molar-refractivity contribution is -0.131. The van der Waals surface area contributed by atoms with Gasteiger partial charge in [-0.3, -0.25) is 23.9 Å². The molecular formula is C16H18N4O4. The summed E-state index contributed by atoms with van der Waals surface area (Å²) in [6.07, 6.45) is 1.28. The number of aromatic nitrogens is 2. The standard InChI is InChI=1S/C16H18N4O4/c1-17-15(23)12-5-3-11(4-6-12)9-19(2)14(22)10-20-8-7-13(21)18-16(20)24/h3-8H,9-10H2,1-2H3,(H,17,23)(H,18,21,24). The minimum atomic E-state index is -0.626. The Bertz CT molecular complexity index is 851. The van der Waals surface area contributed by atoms with Crippen LogP contribution in [-0.4, -0.2) is 40.4 Å². The summed E-state index contributed by atoms with van der Waals surface area (Å²) in [4.78, 5) is 49.8. The maximum atomic E-state index is 12.2. The third-order valence-electron chi connectivity index (χ3n) is 3.49. The lowest BCUT2D eigenvalue weighted by Crippen LogP contribution is -2.36. The van der Waals surface area contributed by atoms with Crippen molar-refractivity contribution in [2.75, 3.05) is 14.1 Å². The van der Waals surface area contributed by atoms with E-state index in [1.54, 1.807) is 38.4 Å². The summed E-state index contributed by atoms with van der Waals surface area (Å²) >= 11 is 0. The predicted octanol–water partition coefficient (Wildman–Crippen LogP) is -0.445. The molecule has 8 heteroatoms. The fraction of sp³-hybridized carbons (Fsp3) is 0.250. The number of likely N-dealkylation sites (N-methyl/N-ethyl adjacent to an activating group) is 1. The minimum absolute atomic E-state index is 0.164. The van der Waals surface area contributed by atoms with Crippen molar-refractivity contribution in [2.45, 2.75) is 13.1 Å². The second kappa shape index (κ2) is 7.40. The first kappa shape index (κ1) is 17.2. The molecule has 24 heavy (non-hydrogen) atoms. The van der Waals surface area contributed by atoms with Crippen molar-refractivity contribution in [3.05, 3.63) is 68.5 Å². The molecule has 2 amide bonds. The van der Waals surface area contributed by atoms with Crippen molar-refractivity contribution in [1.29, 1.82) is 0 Å². The predicted molar refractivity (Wildman–Crippen MR) is 87.6 cm³/mol. The van der Waals surface area contributed by atoms with E-state index in [2.05, 4.69) is 10.3 Å². The van der Waals surface area contributed by atoms with E-state index in [1.807, 2.05) is 0 Å². The quantitative estimate of drug-likeness (QED) is 0.775. The van der Waals surface area contributed by atoms with Crippen LogP contribution in [0.25, 0.3) is 0 Å². The van der Waals surface area contributed by atoms with E-state index in [1.165, 1.54) is 17.2 Å². The van der Waals surface area contributed by atoms with Gasteiger partial charge in [-0.25, -0.2) is 4.79 Å². The van der Waals surface area contributed by atoms with Gasteiger partial charge in [0.2, 0.25) is 5.91 Å². The average molecular weight is 330 g/mol. The highest BCUT2D eigenvalue weighted by molar-refractivity contribution is 5.93. The minimum Gasteiger partial charge on any atom is -0.355 e. The molecule has 0 aliphatic carbocycles. The molecule has 126 valence electrons. The van der Waals surface area contributed by atoms with E-state index < -0.39 is 11.2 Å². The van der Waals surface area contributed by atoms with Crippen LogP contribution in [0, 0.1) is 0 Å². The monoisotopic (exact) mass is 330 g/mol. The summed E-state index contributed by atoms with van der Waals surface area (Å²) in [7, 11) is 3.17. The van der Waals surface area contributed by atoms with E-state index in [4.69, 9.17) is 0 Å². The number of hydrogen-bond donors (Lipinski definition) is 2. The van der Waals surface area contributed by atoms with Crippen LogP contribution in [0.1, 0.15) is 15.9 Å². The highest BCUT2D eigenvalue weighted by atomic mass is 16.2. The number of carbonyl (C=O) groups is 2. The van der Waals surface area contributed by atoms with Crippen LogP contribution < -0.4 is 16.6 Å². The molecule has 0 aliphatic rings. The molecule has 1 aromatic heterocycles. The highest BCUT2D eigenvalue weighted by Crippen LogP contribution is 2.07. The van der Waals surface area contributed by atoms with Crippen LogP contribution in [0.4, 0.5) is 0 Å². The van der Waals surface area contributed by atoms with Gasteiger partial charge >= 0.3 is 5.69 Å². The Morgan fingerprint density at radius 2 is 1.83 bits per heavy atom. The smallest absolute Gasteiger partial charge is 0.328 e. The van der Waals surface area contributed by atoms with Gasteiger partial charge in [-0.05, 0) is 17.7 Å². The zero-order chi connectivity index (χ0) is 17.7. The van der Waals surface area contributed by atoms with Gasteiger partial charge in [0, 0.05) is 38.5 Å². The zero-order valence-corrected chi connectivity index (χ0v) is 13.4. The maximum absolute atomic E-state index is 12.2. The van der Waals surface area contributed by atoms with Crippen molar-refractivity contribution in [1.82, 2.24) is 19.8 Å². The summed E-state index contributed by atoms with van der Waals surface area (Å²) in [5.74, 6) is -0.456. The topological polar surface area (TPSA) is 104 Å². The Labute approximate surface area is 137 Å². The molecule has 1 heterocycles. The van der Waals surface area contributed by atoms with E-state index in [9.17, 15) is 19.2 Å². The molecule has 0 atom stereocenters. The summed E-state index contributed by atoms with van der Waals surface area (Å²) in [6, 6.07) is 8.07. The highest BCUT2D eigenvalue weighted by Gasteiger charge is 2.11. The molecule has 0 bridgehead atoms. The van der Waals surface area contributed by atoms with Crippen molar-refractivity contribution >= 4 is 11.8 Å². The third-order valence-corrected chi connectivity index (χ3v) is 3.49. The number of benzene rings is 1. The number of aromatic amines is 1. The van der Waals surface area contributed by atoms with Gasteiger partial charge in [0.1, 0.15) is 6.54 Å². The van der Waals surface area contributed by atoms with Crippen molar-refractivity contribution in [3.63, 3.8) is 0 Å². The first-order valence-corrected chi connectivity index (χ1v) is 7.25. The van der Waals surface area contributed by atoms with Crippen molar-refractivity contribution in [3.8, 4) is 0 Å². The molecule has 0 spiro atoms. The molecule has 0 saturated carbocycles. The Morgan fingerprint density at radius 1 is 1.17 bits per heavy atom. The van der Waals surface area contributed by atoms with Gasteiger partial charge in [0.25, 0.3) is 11.5 Å². The maximum Gasteiger partial charge on any atom is 0.328 e. The van der Waals surface area contributed by atoms with E-state index in [-0.39, 0.29) is 18.4 Å². The number of nitrogens with one attached hydrogen (secondary N) is 2. The van der Waals surface area contributed by atoms with Crippen LogP contribution in [-0.2, 0) is 17.9 Å². The number of hydrogen-bond acceptors (Lipinski definition) is 4. The summed E-state index contributed by atoms with van der Waals surface area (Å²) in [6.45, 7) is 0.174. The van der Waals surface area contributed by atoms with Crippen LogP contribution in [0.5, 0.6) is 0 Å². The van der Waals surface area contributed by atoms with Crippen LogP contribution in [0.15, 0.2) is 46.1 Å². The van der Waals surface area contributed by atoms with Gasteiger partial charge in [-0.15, -0.1) is 0 Å². The number of amides is 2. The van der Waals surface area contributed by atoms with Crippen LogP contribution >= 0.6 is 0 Å². The van der Waals surface area contributed by atoms with Gasteiger partial charge in [-0.1, -0.05) is 12.1 Å². The Kier molecular flexibility index (Phi) is 5.31. The molecule has 0 radical (unpaired) electrons. The Balaban J connectivity index is 2.02. The summed E-state index contributed by atoms with van der Waals surface area (Å²) in [5.41, 5.74) is 0.259. The molecule has 1 aromatic carbocycles. The van der Waals surface area contributed by atoms with Gasteiger partial charge < -0.3 is 10.2 Å². The fourth-order valence-corrected chi connectivity index (χ4v) is 2.10. The summed E-state index contributed by atoms with van der Waals surface area (Å²) < 4.78 is 1.13. The first-order valence-electron chi connectivity index (χ1n) is 7.25. The lowest BCUT2D eigenvalue weighted by Gasteiger charge is -2.18. The Hall–Kier alpha value is -3.16. The van der Waals surface area contributed by atoms with E-state index in [0.717, 1.165) is 10.1 Å². The largest absolute Gasteiger partial charge is 0.355 e. The Morgan fingerprint density at radius 3 is 2.42 bits per heavy atom. The van der Waals surface area contributed by atoms with Crippen LogP contribution in [0.3, 0.4) is 0 Å². The van der Waals surface area contributed by atoms with Crippen molar-refractivity contribution in [2.24, 2.45) is 0 Å². The van der Waals surface area contributed by atoms with Crippen molar-refractivity contribution < 1.29 is 9.59 Å². The molecule has 2 aromatic rings. The number of carbonyl (C=O) groups excluding carboxylic acids is 2. The molecule has 8 nitrogen and oxygen atoms in total. The molecular weight excluding hydrogens is 312 g/mol. The molecule has 0 unspecified atom stereocenters. The normalized spacial score (nSPS) is 10.2. The van der Waals surface area contributed by atoms with Gasteiger partial charge in [-0.2, -0.15) is 0 Å². The number of H-pyrrole nitrogens is 1.